The summed E-state index contributed by atoms with van der Waals surface area (Å²) >= 11 is 1.08. The number of nitrogens with zero attached hydrogens (tertiary/aromatic N) is 6. The maximum Gasteiger partial charge on any atom is 0.293 e. The van der Waals surface area contributed by atoms with Crippen LogP contribution in [0.5, 0.6) is 5.75 Å². The molecule has 294 valence electrons. The molecule has 7 rings (SSSR count). The Morgan fingerprint density at radius 3 is 2.58 bits per heavy atom. The second kappa shape index (κ2) is 16.8. The molecule has 57 heavy (non-hydrogen) atoms. The van der Waals surface area contributed by atoms with Crippen LogP contribution in [-0.2, 0) is 21.2 Å². The number of thiazole rings is 1. The van der Waals surface area contributed by atoms with Crippen molar-refractivity contribution in [3.8, 4) is 5.75 Å². The lowest BCUT2D eigenvalue weighted by atomic mass is 9.92. The number of nitro groups is 1. The first kappa shape index (κ1) is 38.9. The summed E-state index contributed by atoms with van der Waals surface area (Å²) in [6.45, 7) is 1.24. The number of sulfonamides is 1. The van der Waals surface area contributed by atoms with E-state index in [1.807, 2.05) is 90.6 Å². The standard InChI is InChI=1S/C39H39N9O7S2/c1-45(2)20-18-27(24-55-28-11-4-3-5-12-28)40-31-16-15-29(22-33(31)48(51)52)57(53,54)44-37(49)32-25-56-39(41-32)47-21-17-26-10-6-7-13-30(26)36(47)38(50)43-34-23-46-19-9-8-14-35(46)42-34/h3-16,19,22-23,25,27,36,40H,17-18,20-21,24H2,1-2H3,(H,43,50)(H,44,49)/t27-,36?/m1/s1. The number of carbonyl (C=O) groups excluding carboxylic acids is 2. The van der Waals surface area contributed by atoms with Crippen LogP contribution in [0.3, 0.4) is 0 Å². The van der Waals surface area contributed by atoms with E-state index in [2.05, 4.69) is 20.6 Å². The second-order valence-electron chi connectivity index (χ2n) is 13.6. The van der Waals surface area contributed by atoms with Crippen LogP contribution in [0.2, 0.25) is 0 Å². The minimum absolute atomic E-state index is 0.0951. The van der Waals surface area contributed by atoms with E-state index in [4.69, 9.17) is 4.74 Å². The molecule has 4 heterocycles. The Hall–Kier alpha value is -6.37. The molecule has 0 saturated carbocycles. The van der Waals surface area contributed by atoms with Gasteiger partial charge >= 0.3 is 0 Å². The van der Waals surface area contributed by atoms with E-state index in [-0.39, 0.29) is 29.9 Å². The van der Waals surface area contributed by atoms with E-state index < -0.39 is 37.5 Å². The van der Waals surface area contributed by atoms with Crippen molar-refractivity contribution in [3.63, 3.8) is 0 Å². The minimum Gasteiger partial charge on any atom is -0.491 e. The molecule has 2 atom stereocenters. The average molecular weight is 810 g/mol. The SMILES string of the molecule is CN(C)CC[C@H](COc1ccccc1)Nc1ccc(S(=O)(=O)NC(=O)c2csc(N3CCc4ccccc4C3C(=O)Nc3cn4ccccc4n3)n2)cc1[N+](=O)[O-]. The molecule has 0 aliphatic carbocycles. The summed E-state index contributed by atoms with van der Waals surface area (Å²) in [6.07, 6.45) is 4.70. The number of nitro benzene ring substituents is 1. The van der Waals surface area contributed by atoms with Gasteiger partial charge in [0.2, 0.25) is 0 Å². The van der Waals surface area contributed by atoms with E-state index >= 15 is 0 Å². The van der Waals surface area contributed by atoms with Gasteiger partial charge in [-0.25, -0.2) is 23.1 Å². The van der Waals surface area contributed by atoms with Crippen LogP contribution in [0.25, 0.3) is 5.65 Å². The summed E-state index contributed by atoms with van der Waals surface area (Å²) in [7, 11) is -0.771. The summed E-state index contributed by atoms with van der Waals surface area (Å²) in [6, 6.07) is 24.4. The molecule has 0 spiro atoms. The zero-order chi connectivity index (χ0) is 40.1. The number of amides is 2. The minimum atomic E-state index is -4.59. The quantitative estimate of drug-likeness (QED) is 0.0889. The Morgan fingerprint density at radius 1 is 1.04 bits per heavy atom. The maximum absolute atomic E-state index is 13.9. The average Bonchev–Trinajstić information content (AvgIpc) is 3.86. The van der Waals surface area contributed by atoms with E-state index in [1.54, 1.807) is 27.6 Å². The van der Waals surface area contributed by atoms with Crippen LogP contribution < -0.4 is 25.0 Å². The third kappa shape index (κ3) is 9.04. The van der Waals surface area contributed by atoms with Crippen LogP contribution in [0, 0.1) is 10.1 Å². The van der Waals surface area contributed by atoms with Crippen molar-refractivity contribution in [3.05, 3.63) is 136 Å². The molecular formula is C39H39N9O7S2. The van der Waals surface area contributed by atoms with Gasteiger partial charge in [0.1, 0.15) is 35.4 Å². The zero-order valence-electron chi connectivity index (χ0n) is 30.9. The number of pyridine rings is 1. The number of para-hydroxylation sites is 1. The molecule has 1 aliphatic rings. The molecule has 3 N–H and O–H groups in total. The highest BCUT2D eigenvalue weighted by Gasteiger charge is 2.36. The predicted octanol–water partition coefficient (Wildman–Crippen LogP) is 5.37. The van der Waals surface area contributed by atoms with Crippen LogP contribution in [0.4, 0.5) is 22.3 Å². The largest absolute Gasteiger partial charge is 0.491 e. The van der Waals surface area contributed by atoms with Crippen molar-refractivity contribution >= 4 is 61.1 Å². The highest BCUT2D eigenvalue weighted by molar-refractivity contribution is 7.90. The number of nitrogens with one attached hydrogen (secondary N) is 3. The van der Waals surface area contributed by atoms with E-state index in [0.717, 1.165) is 28.5 Å². The van der Waals surface area contributed by atoms with Gasteiger partial charge in [0.15, 0.2) is 10.9 Å². The number of aromatic nitrogens is 3. The molecule has 1 aliphatic heterocycles. The molecule has 0 fully saturated rings. The number of ether oxygens (including phenoxy) is 1. The van der Waals surface area contributed by atoms with E-state index in [1.165, 1.54) is 17.5 Å². The summed E-state index contributed by atoms with van der Waals surface area (Å²) < 4.78 is 36.7. The Bertz CT molecular complexity index is 2490. The third-order valence-electron chi connectivity index (χ3n) is 9.30. The first-order valence-electron chi connectivity index (χ1n) is 17.9. The number of rotatable bonds is 15. The van der Waals surface area contributed by atoms with Gasteiger partial charge in [-0.15, -0.1) is 11.3 Å². The number of hydrogen-bond acceptors (Lipinski definition) is 13. The van der Waals surface area contributed by atoms with E-state index in [0.29, 0.717) is 48.3 Å². The summed E-state index contributed by atoms with van der Waals surface area (Å²) in [5.41, 5.74) is 1.82. The molecule has 0 bridgehead atoms. The fourth-order valence-electron chi connectivity index (χ4n) is 6.47. The lowest BCUT2D eigenvalue weighted by Crippen LogP contribution is -2.42. The van der Waals surface area contributed by atoms with Crippen molar-refractivity contribution in [2.24, 2.45) is 0 Å². The molecule has 3 aromatic heterocycles. The van der Waals surface area contributed by atoms with Gasteiger partial charge in [0.05, 0.1) is 22.1 Å². The van der Waals surface area contributed by atoms with Crippen LogP contribution >= 0.6 is 11.3 Å². The van der Waals surface area contributed by atoms with Gasteiger partial charge in [0.25, 0.3) is 27.5 Å². The van der Waals surface area contributed by atoms with Crippen molar-refractivity contribution in [1.82, 2.24) is 24.0 Å². The Labute approximate surface area is 332 Å². The number of carbonyl (C=O) groups is 2. The Balaban J connectivity index is 1.07. The molecular weight excluding hydrogens is 771 g/mol. The number of hydrogen-bond donors (Lipinski definition) is 3. The highest BCUT2D eigenvalue weighted by atomic mass is 32.2. The van der Waals surface area contributed by atoms with E-state index in [9.17, 15) is 28.1 Å². The summed E-state index contributed by atoms with van der Waals surface area (Å²) in [5.74, 6) is -0.392. The number of imidazole rings is 1. The fourth-order valence-corrected chi connectivity index (χ4v) is 8.32. The molecule has 3 aromatic carbocycles. The maximum atomic E-state index is 13.9. The first-order chi connectivity index (χ1) is 27.4. The van der Waals surface area contributed by atoms with Crippen molar-refractivity contribution in [2.75, 3.05) is 49.3 Å². The monoisotopic (exact) mass is 809 g/mol. The molecule has 0 saturated heterocycles. The molecule has 0 radical (unpaired) electrons. The van der Waals surface area contributed by atoms with Crippen LogP contribution in [-0.4, -0.2) is 84.3 Å². The summed E-state index contributed by atoms with van der Waals surface area (Å²) in [5, 5.41) is 20.0. The lowest BCUT2D eigenvalue weighted by Gasteiger charge is -2.36. The number of fused-ring (bicyclic) bond motifs is 2. The zero-order valence-corrected chi connectivity index (χ0v) is 32.6. The van der Waals surface area contributed by atoms with Crippen molar-refractivity contribution in [1.29, 1.82) is 0 Å². The Kier molecular flexibility index (Phi) is 11.4. The highest BCUT2D eigenvalue weighted by Crippen LogP contribution is 2.36. The first-order valence-corrected chi connectivity index (χ1v) is 20.3. The van der Waals surface area contributed by atoms with Crippen molar-refractivity contribution in [2.45, 2.75) is 29.8 Å². The van der Waals surface area contributed by atoms with Crippen LogP contribution in [0.1, 0.15) is 34.1 Å². The number of benzene rings is 3. The van der Waals surface area contributed by atoms with Gasteiger partial charge in [-0.1, -0.05) is 48.5 Å². The molecule has 2 amide bonds. The summed E-state index contributed by atoms with van der Waals surface area (Å²) in [4.78, 5) is 51.1. The number of anilines is 3. The van der Waals surface area contributed by atoms with Crippen LogP contribution in [0.15, 0.2) is 114 Å². The fraction of sp³-hybridized carbons (Fsp3) is 0.231. The topological polar surface area (TPSA) is 193 Å². The normalized spacial score (nSPS) is 14.5. The lowest BCUT2D eigenvalue weighted by molar-refractivity contribution is -0.384. The van der Waals surface area contributed by atoms with Crippen molar-refractivity contribution < 1.29 is 27.7 Å². The van der Waals surface area contributed by atoms with Gasteiger partial charge in [0, 0.05) is 24.2 Å². The second-order valence-corrected chi connectivity index (χ2v) is 16.1. The van der Waals surface area contributed by atoms with Gasteiger partial charge in [-0.3, -0.25) is 19.7 Å². The van der Waals surface area contributed by atoms with Gasteiger partial charge in [-0.2, -0.15) is 0 Å². The Morgan fingerprint density at radius 2 is 1.81 bits per heavy atom. The molecule has 18 heteroatoms. The third-order valence-corrected chi connectivity index (χ3v) is 11.5. The molecule has 6 aromatic rings. The smallest absolute Gasteiger partial charge is 0.293 e. The molecule has 1 unspecified atom stereocenters. The molecule has 16 nitrogen and oxygen atoms in total. The van der Waals surface area contributed by atoms with Gasteiger partial charge < -0.3 is 29.6 Å². The van der Waals surface area contributed by atoms with Gasteiger partial charge in [-0.05, 0) is 81.0 Å². The predicted molar refractivity (Wildman–Crippen MR) is 216 cm³/mol.